The fourth-order valence-electron chi connectivity index (χ4n) is 5.14. The van der Waals surface area contributed by atoms with Crippen molar-refractivity contribution in [2.24, 2.45) is 16.7 Å². The van der Waals surface area contributed by atoms with Crippen LogP contribution >= 0.6 is 0 Å². The van der Waals surface area contributed by atoms with Gasteiger partial charge in [-0.3, -0.25) is 4.79 Å². The zero-order valence-electron chi connectivity index (χ0n) is 17.5. The van der Waals surface area contributed by atoms with E-state index in [0.29, 0.717) is 36.6 Å². The molecule has 0 aromatic heterocycles. The topological polar surface area (TPSA) is 101 Å². The summed E-state index contributed by atoms with van der Waals surface area (Å²) in [6.45, 7) is 5.62. The third-order valence-corrected chi connectivity index (χ3v) is 7.19. The van der Waals surface area contributed by atoms with Gasteiger partial charge in [0.1, 0.15) is 24.4 Å². The summed E-state index contributed by atoms with van der Waals surface area (Å²) in [6.07, 6.45) is 6.37. The number of ether oxygens (including phenoxy) is 1. The van der Waals surface area contributed by atoms with E-state index in [9.17, 15) is 24.6 Å². The van der Waals surface area contributed by atoms with E-state index >= 15 is 0 Å². The van der Waals surface area contributed by atoms with Crippen molar-refractivity contribution >= 4 is 24.6 Å². The molecule has 0 spiro atoms. The van der Waals surface area contributed by atoms with Crippen molar-refractivity contribution in [3.8, 4) is 5.75 Å². The minimum Gasteiger partial charge on any atom is -0.508 e. The van der Waals surface area contributed by atoms with E-state index < -0.39 is 34.4 Å². The van der Waals surface area contributed by atoms with Crippen molar-refractivity contribution in [1.29, 1.82) is 0 Å². The Morgan fingerprint density at radius 2 is 1.83 bits per heavy atom. The number of aromatic hydroxyl groups is 1. The van der Waals surface area contributed by atoms with E-state index in [1.54, 1.807) is 31.2 Å². The molecule has 4 atom stereocenters. The Morgan fingerprint density at radius 3 is 2.43 bits per heavy atom. The van der Waals surface area contributed by atoms with Gasteiger partial charge in [-0.2, -0.15) is 0 Å². The average molecular weight is 412 g/mol. The molecule has 1 aromatic carbocycles. The van der Waals surface area contributed by atoms with Gasteiger partial charge >= 0.3 is 5.97 Å². The highest BCUT2D eigenvalue weighted by atomic mass is 16.5. The molecule has 0 heterocycles. The molecule has 6 nitrogen and oxygen atoms in total. The minimum atomic E-state index is -1.32. The summed E-state index contributed by atoms with van der Waals surface area (Å²) >= 11 is 0. The number of hydrogen-bond donors (Lipinski definition) is 2. The number of phenolic OH excluding ortho intramolecular Hbond substituents is 1. The summed E-state index contributed by atoms with van der Waals surface area (Å²) < 4.78 is 5.76. The molecule has 6 heteroatoms. The normalized spacial score (nSPS) is 32.7. The molecule has 0 amide bonds. The number of benzene rings is 1. The maximum Gasteiger partial charge on any atom is 0.331 e. The van der Waals surface area contributed by atoms with Crippen LogP contribution in [0.1, 0.15) is 45.6 Å². The molecule has 1 fully saturated rings. The fourth-order valence-corrected chi connectivity index (χ4v) is 5.14. The lowest BCUT2D eigenvalue weighted by atomic mass is 9.45. The quantitative estimate of drug-likeness (QED) is 0.438. The number of phenols is 1. The maximum atomic E-state index is 12.6. The highest BCUT2D eigenvalue weighted by Crippen LogP contribution is 2.62. The van der Waals surface area contributed by atoms with E-state index in [4.69, 9.17) is 4.74 Å². The zero-order valence-corrected chi connectivity index (χ0v) is 17.5. The molecule has 30 heavy (non-hydrogen) atoms. The number of aliphatic hydroxyl groups is 1. The number of carbonyl (C=O) groups excluding carboxylic acids is 3. The molecule has 3 rings (SSSR count). The van der Waals surface area contributed by atoms with E-state index in [2.05, 4.69) is 0 Å². The first-order valence-corrected chi connectivity index (χ1v) is 10.1. The summed E-state index contributed by atoms with van der Waals surface area (Å²) in [6, 6.07) is 6.35. The summed E-state index contributed by atoms with van der Waals surface area (Å²) in [5.41, 5.74) is -1.95. The SMILES string of the molecule is CC1(C)CC[C@@H](OC(=O)C=Cc2ccc(O)cc2)[C@]2(C)[C@@H](C=O)C(C=O)=CC[C@@]12O. The van der Waals surface area contributed by atoms with Crippen LogP contribution in [0.4, 0.5) is 0 Å². The average Bonchev–Trinajstić information content (AvgIpc) is 2.71. The standard InChI is InChI=1S/C24H28O6/c1-22(2)12-11-20(30-21(28)9-6-16-4-7-18(27)8-5-16)23(3)19(15-26)17(14-25)10-13-24(22,23)29/h4-10,14-15,19-20,27,29H,11-13H2,1-3H3/t19-,20+,23-,24+/m0/s1. The van der Waals surface area contributed by atoms with Crippen molar-refractivity contribution in [2.45, 2.75) is 51.7 Å². The zero-order chi connectivity index (χ0) is 22.2. The Morgan fingerprint density at radius 1 is 1.17 bits per heavy atom. The molecule has 160 valence electrons. The lowest BCUT2D eigenvalue weighted by Gasteiger charge is -2.63. The second-order valence-electron chi connectivity index (χ2n) is 9.06. The molecule has 0 unspecified atom stereocenters. The summed E-state index contributed by atoms with van der Waals surface area (Å²) in [4.78, 5) is 36.2. The Kier molecular flexibility index (Phi) is 5.74. The molecule has 1 aromatic rings. The lowest BCUT2D eigenvalue weighted by molar-refractivity contribution is -0.245. The van der Waals surface area contributed by atoms with Crippen LogP contribution in [0.2, 0.25) is 0 Å². The van der Waals surface area contributed by atoms with E-state index in [1.165, 1.54) is 18.2 Å². The third kappa shape index (κ3) is 3.39. The van der Waals surface area contributed by atoms with Gasteiger partial charge in [0.05, 0.1) is 11.5 Å². The number of allylic oxidation sites excluding steroid dienone is 1. The molecule has 0 aliphatic heterocycles. The smallest absolute Gasteiger partial charge is 0.331 e. The fraction of sp³-hybridized carbons (Fsp3) is 0.458. The molecule has 2 aliphatic carbocycles. The van der Waals surface area contributed by atoms with Gasteiger partial charge in [-0.15, -0.1) is 0 Å². The minimum absolute atomic E-state index is 0.128. The van der Waals surface area contributed by atoms with Crippen LogP contribution in [0.25, 0.3) is 6.08 Å². The predicted molar refractivity (Wildman–Crippen MR) is 111 cm³/mol. The highest BCUT2D eigenvalue weighted by Gasteiger charge is 2.67. The summed E-state index contributed by atoms with van der Waals surface area (Å²) in [5, 5.41) is 21.1. The number of fused-ring (bicyclic) bond motifs is 1. The van der Waals surface area contributed by atoms with E-state index in [0.717, 1.165) is 0 Å². The van der Waals surface area contributed by atoms with Crippen LogP contribution in [-0.2, 0) is 19.1 Å². The summed E-state index contributed by atoms with van der Waals surface area (Å²) in [7, 11) is 0. The van der Waals surface area contributed by atoms with Crippen molar-refractivity contribution in [3.63, 3.8) is 0 Å². The highest BCUT2D eigenvalue weighted by molar-refractivity contribution is 5.87. The Labute approximate surface area is 176 Å². The van der Waals surface area contributed by atoms with Gasteiger partial charge in [0.15, 0.2) is 0 Å². The number of rotatable bonds is 5. The van der Waals surface area contributed by atoms with Crippen LogP contribution in [-0.4, -0.2) is 40.5 Å². The first-order chi connectivity index (χ1) is 14.1. The molecule has 0 bridgehead atoms. The molecular weight excluding hydrogens is 384 g/mol. The Bertz CT molecular complexity index is 897. The number of carbonyl (C=O) groups is 3. The maximum absolute atomic E-state index is 12.6. The second kappa shape index (κ2) is 7.84. The van der Waals surface area contributed by atoms with Gasteiger partial charge in [-0.1, -0.05) is 39.0 Å². The molecular formula is C24H28O6. The molecule has 0 radical (unpaired) electrons. The van der Waals surface area contributed by atoms with Gasteiger partial charge in [0.25, 0.3) is 0 Å². The van der Waals surface area contributed by atoms with Crippen molar-refractivity contribution in [2.75, 3.05) is 0 Å². The van der Waals surface area contributed by atoms with Crippen LogP contribution in [0.3, 0.4) is 0 Å². The van der Waals surface area contributed by atoms with Crippen molar-refractivity contribution < 1.29 is 29.3 Å². The monoisotopic (exact) mass is 412 g/mol. The Hall–Kier alpha value is -2.73. The lowest BCUT2D eigenvalue weighted by Crippen LogP contribution is -2.69. The van der Waals surface area contributed by atoms with E-state index in [1.807, 2.05) is 13.8 Å². The first-order valence-electron chi connectivity index (χ1n) is 10.1. The largest absolute Gasteiger partial charge is 0.508 e. The summed E-state index contributed by atoms with van der Waals surface area (Å²) in [5.74, 6) is -1.33. The molecule has 0 saturated heterocycles. The van der Waals surface area contributed by atoms with Crippen molar-refractivity contribution in [1.82, 2.24) is 0 Å². The third-order valence-electron chi connectivity index (χ3n) is 7.19. The van der Waals surface area contributed by atoms with Gasteiger partial charge in [-0.25, -0.2) is 4.79 Å². The number of hydrogen-bond acceptors (Lipinski definition) is 6. The molecule has 2 N–H and O–H groups in total. The van der Waals surface area contributed by atoms with Gasteiger partial charge in [-0.05, 0) is 54.0 Å². The Balaban J connectivity index is 1.91. The van der Waals surface area contributed by atoms with Crippen LogP contribution in [0.15, 0.2) is 42.0 Å². The van der Waals surface area contributed by atoms with Crippen LogP contribution in [0.5, 0.6) is 5.75 Å². The molecule has 1 saturated carbocycles. The van der Waals surface area contributed by atoms with E-state index in [-0.39, 0.29) is 12.2 Å². The van der Waals surface area contributed by atoms with Crippen LogP contribution in [0, 0.1) is 16.7 Å². The van der Waals surface area contributed by atoms with Crippen molar-refractivity contribution in [3.05, 3.63) is 47.6 Å². The van der Waals surface area contributed by atoms with Crippen LogP contribution < -0.4 is 0 Å². The molecule has 2 aliphatic rings. The number of aldehydes is 2. The predicted octanol–water partition coefficient (Wildman–Crippen LogP) is 3.22. The van der Waals surface area contributed by atoms with Gasteiger partial charge in [0.2, 0.25) is 0 Å². The second-order valence-corrected chi connectivity index (χ2v) is 9.06. The van der Waals surface area contributed by atoms with Gasteiger partial charge in [0, 0.05) is 11.5 Å². The van der Waals surface area contributed by atoms with Gasteiger partial charge < -0.3 is 19.7 Å². The number of esters is 1. The first kappa shape index (κ1) is 22.0.